The molecule has 0 saturated carbocycles. The molecular weight excluding hydrogens is 443 g/mol. The van der Waals surface area contributed by atoms with Gasteiger partial charge in [0, 0.05) is 48.4 Å². The molecule has 0 unspecified atom stereocenters. The highest BCUT2D eigenvalue weighted by Gasteiger charge is 2.12. The Morgan fingerprint density at radius 1 is 0.657 bits per heavy atom. The summed E-state index contributed by atoms with van der Waals surface area (Å²) in [6.07, 6.45) is 2.11. The molecule has 0 atom stereocenters. The van der Waals surface area contributed by atoms with Crippen molar-refractivity contribution in [1.29, 1.82) is 0 Å². The van der Waals surface area contributed by atoms with E-state index in [1.165, 1.54) is 0 Å². The minimum atomic E-state index is -0.303. The SMILES string of the molecule is Fc1c(COc2ccc(C3=NCCCN3)cc2)cccc1COc1ccc(C2=NCCCN2)cc1. The van der Waals surface area contributed by atoms with Crippen LogP contribution in [-0.4, -0.2) is 37.9 Å². The van der Waals surface area contributed by atoms with Crippen LogP contribution in [0.3, 0.4) is 0 Å². The van der Waals surface area contributed by atoms with E-state index < -0.39 is 0 Å². The van der Waals surface area contributed by atoms with Gasteiger partial charge in [0.2, 0.25) is 0 Å². The smallest absolute Gasteiger partial charge is 0.136 e. The molecule has 0 radical (unpaired) electrons. The van der Waals surface area contributed by atoms with Crippen LogP contribution < -0.4 is 20.1 Å². The van der Waals surface area contributed by atoms with Crippen LogP contribution in [0.1, 0.15) is 35.1 Å². The zero-order valence-corrected chi connectivity index (χ0v) is 19.6. The first-order valence-electron chi connectivity index (χ1n) is 12.1. The van der Waals surface area contributed by atoms with E-state index >= 15 is 4.39 Å². The summed E-state index contributed by atoms with van der Waals surface area (Å²) in [5.41, 5.74) is 3.03. The predicted octanol–water partition coefficient (Wildman–Crippen LogP) is 4.46. The Morgan fingerprint density at radius 3 is 1.51 bits per heavy atom. The Bertz CT molecular complexity index is 1110. The van der Waals surface area contributed by atoms with Crippen LogP contribution in [0.15, 0.2) is 76.7 Å². The van der Waals surface area contributed by atoms with E-state index in [1.807, 2.05) is 54.6 Å². The maximum absolute atomic E-state index is 15.1. The predicted molar refractivity (Wildman–Crippen MR) is 136 cm³/mol. The molecule has 2 heterocycles. The van der Waals surface area contributed by atoms with Gasteiger partial charge >= 0.3 is 0 Å². The van der Waals surface area contributed by atoms with Crippen molar-refractivity contribution in [2.24, 2.45) is 9.98 Å². The zero-order valence-electron chi connectivity index (χ0n) is 19.6. The number of amidine groups is 2. The molecule has 3 aromatic carbocycles. The average Bonchev–Trinajstić information content (AvgIpc) is 2.93. The second-order valence-electron chi connectivity index (χ2n) is 8.54. The topological polar surface area (TPSA) is 67.2 Å². The van der Waals surface area contributed by atoms with Gasteiger partial charge in [0.15, 0.2) is 0 Å². The summed E-state index contributed by atoms with van der Waals surface area (Å²) in [4.78, 5) is 9.01. The van der Waals surface area contributed by atoms with Crippen LogP contribution in [-0.2, 0) is 13.2 Å². The van der Waals surface area contributed by atoms with E-state index in [0.29, 0.717) is 22.6 Å². The highest BCUT2D eigenvalue weighted by molar-refractivity contribution is 5.99. The second-order valence-corrected chi connectivity index (χ2v) is 8.54. The molecule has 0 saturated heterocycles. The first-order chi connectivity index (χ1) is 17.3. The van der Waals surface area contributed by atoms with Crippen molar-refractivity contribution in [2.75, 3.05) is 26.2 Å². The molecule has 0 bridgehead atoms. The lowest BCUT2D eigenvalue weighted by atomic mass is 10.1. The molecule has 2 N–H and O–H groups in total. The Balaban J connectivity index is 1.17. The minimum Gasteiger partial charge on any atom is -0.489 e. The monoisotopic (exact) mass is 472 g/mol. The number of hydrogen-bond acceptors (Lipinski definition) is 6. The molecule has 2 aliphatic heterocycles. The first kappa shape index (κ1) is 22.9. The number of hydrogen-bond donors (Lipinski definition) is 2. The molecule has 2 aliphatic rings. The molecular formula is C28H29FN4O2. The fourth-order valence-corrected chi connectivity index (χ4v) is 4.05. The minimum absolute atomic E-state index is 0.141. The molecule has 0 aliphatic carbocycles. The lowest BCUT2D eigenvalue weighted by molar-refractivity contribution is 0.287. The van der Waals surface area contributed by atoms with Gasteiger partial charge in [0.1, 0.15) is 42.2 Å². The second kappa shape index (κ2) is 11.0. The lowest BCUT2D eigenvalue weighted by Gasteiger charge is -2.15. The molecule has 3 aromatic rings. The lowest BCUT2D eigenvalue weighted by Crippen LogP contribution is -2.30. The summed E-state index contributed by atoms with van der Waals surface area (Å²) < 4.78 is 26.8. The Kier molecular flexibility index (Phi) is 7.22. The molecule has 0 spiro atoms. The van der Waals surface area contributed by atoms with Crippen molar-refractivity contribution in [2.45, 2.75) is 26.1 Å². The van der Waals surface area contributed by atoms with Gasteiger partial charge in [-0.3, -0.25) is 9.98 Å². The van der Waals surface area contributed by atoms with Gasteiger partial charge in [0.25, 0.3) is 0 Å². The van der Waals surface area contributed by atoms with Crippen molar-refractivity contribution in [3.63, 3.8) is 0 Å². The maximum atomic E-state index is 15.1. The molecule has 0 aromatic heterocycles. The average molecular weight is 473 g/mol. The summed E-state index contributed by atoms with van der Waals surface area (Å²) in [7, 11) is 0. The zero-order chi connectivity index (χ0) is 23.9. The van der Waals surface area contributed by atoms with Crippen molar-refractivity contribution in [3.05, 3.63) is 94.8 Å². The van der Waals surface area contributed by atoms with E-state index in [2.05, 4.69) is 20.6 Å². The van der Waals surface area contributed by atoms with Gasteiger partial charge in [-0.05, 0) is 61.4 Å². The highest BCUT2D eigenvalue weighted by Crippen LogP contribution is 2.20. The van der Waals surface area contributed by atoms with E-state index in [-0.39, 0.29) is 19.0 Å². The van der Waals surface area contributed by atoms with Gasteiger partial charge in [-0.1, -0.05) is 18.2 Å². The van der Waals surface area contributed by atoms with Crippen LogP contribution >= 0.6 is 0 Å². The summed E-state index contributed by atoms with van der Waals surface area (Å²) in [6, 6.07) is 20.7. The van der Waals surface area contributed by atoms with Crippen LogP contribution in [0.25, 0.3) is 0 Å². The molecule has 6 nitrogen and oxygen atoms in total. The fourth-order valence-electron chi connectivity index (χ4n) is 4.05. The van der Waals surface area contributed by atoms with Crippen LogP contribution in [0.5, 0.6) is 11.5 Å². The third kappa shape index (κ3) is 5.80. The summed E-state index contributed by atoms with van der Waals surface area (Å²) in [6.45, 7) is 3.85. The number of aliphatic imine (C=N–C) groups is 2. The standard InChI is InChI=1S/C28H29FN4O2/c29-26-22(18-34-24-10-6-20(7-11-24)27-30-14-2-15-31-27)4-1-5-23(26)19-35-25-12-8-21(9-13-25)28-32-16-3-17-33-28/h1,4-13H,2-3,14-19H2,(H,30,31)(H,32,33). The third-order valence-electron chi connectivity index (χ3n) is 6.00. The van der Waals surface area contributed by atoms with Crippen molar-refractivity contribution < 1.29 is 13.9 Å². The molecule has 7 heteroatoms. The maximum Gasteiger partial charge on any atom is 0.136 e. The summed E-state index contributed by atoms with van der Waals surface area (Å²) in [5.74, 6) is 2.89. The van der Waals surface area contributed by atoms with E-state index in [4.69, 9.17) is 9.47 Å². The van der Waals surface area contributed by atoms with Crippen LogP contribution in [0.4, 0.5) is 4.39 Å². The quantitative estimate of drug-likeness (QED) is 0.508. The molecule has 5 rings (SSSR count). The molecule has 180 valence electrons. The van der Waals surface area contributed by atoms with Crippen molar-refractivity contribution in [1.82, 2.24) is 10.6 Å². The van der Waals surface area contributed by atoms with Crippen LogP contribution in [0, 0.1) is 5.82 Å². The first-order valence-corrected chi connectivity index (χ1v) is 12.1. The number of nitrogens with zero attached hydrogens (tertiary/aromatic N) is 2. The summed E-state index contributed by atoms with van der Waals surface area (Å²) in [5, 5.41) is 6.61. The highest BCUT2D eigenvalue weighted by atomic mass is 19.1. The van der Waals surface area contributed by atoms with Gasteiger partial charge in [-0.25, -0.2) is 4.39 Å². The van der Waals surface area contributed by atoms with E-state index in [1.54, 1.807) is 12.1 Å². The van der Waals surface area contributed by atoms with Crippen LogP contribution in [0.2, 0.25) is 0 Å². The molecule has 0 fully saturated rings. The Labute approximate surface area is 204 Å². The Hall–Kier alpha value is -3.87. The number of nitrogens with one attached hydrogen (secondary N) is 2. The fraction of sp³-hybridized carbons (Fsp3) is 0.286. The van der Waals surface area contributed by atoms with Crippen molar-refractivity contribution in [3.8, 4) is 11.5 Å². The van der Waals surface area contributed by atoms with E-state index in [9.17, 15) is 0 Å². The molecule has 0 amide bonds. The number of rotatable bonds is 8. The Morgan fingerprint density at radius 2 is 1.11 bits per heavy atom. The molecule has 35 heavy (non-hydrogen) atoms. The number of halogens is 1. The number of ether oxygens (including phenoxy) is 2. The van der Waals surface area contributed by atoms with Gasteiger partial charge in [0.05, 0.1) is 0 Å². The normalized spacial score (nSPS) is 15.3. The van der Waals surface area contributed by atoms with Gasteiger partial charge in [-0.2, -0.15) is 0 Å². The summed E-state index contributed by atoms with van der Waals surface area (Å²) >= 11 is 0. The van der Waals surface area contributed by atoms with Gasteiger partial charge in [-0.15, -0.1) is 0 Å². The largest absolute Gasteiger partial charge is 0.489 e. The number of benzene rings is 3. The van der Waals surface area contributed by atoms with Gasteiger partial charge < -0.3 is 20.1 Å². The van der Waals surface area contributed by atoms with E-state index in [0.717, 1.165) is 61.8 Å². The van der Waals surface area contributed by atoms with Crippen molar-refractivity contribution >= 4 is 11.7 Å². The third-order valence-corrected chi connectivity index (χ3v) is 6.00.